The number of aromatic nitrogens is 1. The highest BCUT2D eigenvalue weighted by Crippen LogP contribution is 2.33. The van der Waals surface area contributed by atoms with Crippen LogP contribution < -0.4 is 4.90 Å². The van der Waals surface area contributed by atoms with Gasteiger partial charge in [0.05, 0.1) is 21.9 Å². The summed E-state index contributed by atoms with van der Waals surface area (Å²) in [5.41, 5.74) is -0.706. The van der Waals surface area contributed by atoms with E-state index in [0.29, 0.717) is 31.7 Å². The van der Waals surface area contributed by atoms with E-state index in [4.69, 9.17) is 11.6 Å². The Morgan fingerprint density at radius 3 is 2.45 bits per heavy atom. The normalized spacial score (nSPS) is 14.8. The molecule has 154 valence electrons. The number of amides is 1. The van der Waals surface area contributed by atoms with Crippen LogP contribution in [0.1, 0.15) is 11.1 Å². The number of anilines is 1. The molecule has 2 heterocycles. The molecule has 0 aliphatic carbocycles. The van der Waals surface area contributed by atoms with Crippen LogP contribution in [0.2, 0.25) is 5.02 Å². The number of alkyl halides is 3. The highest BCUT2D eigenvalue weighted by atomic mass is 35.5. The lowest BCUT2D eigenvalue weighted by molar-refractivity contribution is -0.385. The molecule has 7 nitrogen and oxygen atoms in total. The van der Waals surface area contributed by atoms with Crippen molar-refractivity contribution in [2.75, 3.05) is 31.1 Å². The zero-order valence-electron chi connectivity index (χ0n) is 15.0. The topological polar surface area (TPSA) is 79.6 Å². The van der Waals surface area contributed by atoms with Gasteiger partial charge in [0.2, 0.25) is 5.91 Å². The Hall–Kier alpha value is -2.88. The number of pyridine rings is 1. The molecule has 1 aromatic carbocycles. The maximum atomic E-state index is 12.7. The van der Waals surface area contributed by atoms with Crippen LogP contribution in [0.25, 0.3) is 0 Å². The van der Waals surface area contributed by atoms with Crippen molar-refractivity contribution in [2.24, 2.45) is 0 Å². The number of halogens is 4. The molecule has 0 bridgehead atoms. The maximum absolute atomic E-state index is 12.7. The minimum Gasteiger partial charge on any atom is -0.352 e. The number of rotatable bonds is 4. The van der Waals surface area contributed by atoms with Crippen LogP contribution in [0, 0.1) is 10.1 Å². The number of nitro groups is 1. The summed E-state index contributed by atoms with van der Waals surface area (Å²) in [5, 5.41) is 11.0. The summed E-state index contributed by atoms with van der Waals surface area (Å²) in [7, 11) is 0. The second-order valence-electron chi connectivity index (χ2n) is 6.46. The molecule has 0 spiro atoms. The fourth-order valence-electron chi connectivity index (χ4n) is 3.10. The second kappa shape index (κ2) is 8.24. The van der Waals surface area contributed by atoms with Gasteiger partial charge in [-0.2, -0.15) is 13.2 Å². The van der Waals surface area contributed by atoms with Gasteiger partial charge < -0.3 is 9.80 Å². The van der Waals surface area contributed by atoms with Crippen LogP contribution >= 0.6 is 11.6 Å². The van der Waals surface area contributed by atoms with E-state index in [2.05, 4.69) is 4.98 Å². The fraction of sp³-hybridized carbons (Fsp3) is 0.333. The Bertz CT molecular complexity index is 931. The summed E-state index contributed by atoms with van der Waals surface area (Å²) in [6.45, 7) is 1.28. The first-order valence-corrected chi connectivity index (χ1v) is 9.02. The molecular formula is C18H16ClF3N4O3. The highest BCUT2D eigenvalue weighted by molar-refractivity contribution is 6.33. The molecule has 1 aromatic heterocycles. The van der Waals surface area contributed by atoms with Crippen molar-refractivity contribution >= 4 is 29.0 Å². The minimum atomic E-state index is -4.53. The summed E-state index contributed by atoms with van der Waals surface area (Å²) in [4.78, 5) is 30.2. The maximum Gasteiger partial charge on any atom is 0.417 e. The Kier molecular flexibility index (Phi) is 5.92. The molecule has 0 unspecified atom stereocenters. The number of piperazine rings is 1. The molecular weight excluding hydrogens is 413 g/mol. The average molecular weight is 429 g/mol. The number of benzene rings is 1. The SMILES string of the molecule is O=C(Cc1ccccc1[N+](=O)[O-])N1CCN(c2ncc(C(F)(F)F)cc2Cl)CC1. The zero-order valence-corrected chi connectivity index (χ0v) is 15.8. The Labute approximate surface area is 168 Å². The van der Waals surface area contributed by atoms with Crippen molar-refractivity contribution in [1.29, 1.82) is 0 Å². The molecule has 11 heteroatoms. The molecule has 1 saturated heterocycles. The number of para-hydroxylation sites is 1. The number of hydrogen-bond donors (Lipinski definition) is 0. The van der Waals surface area contributed by atoms with E-state index < -0.39 is 16.7 Å². The number of hydrogen-bond acceptors (Lipinski definition) is 5. The smallest absolute Gasteiger partial charge is 0.352 e. The number of nitro benzene ring substituents is 1. The standard InChI is InChI=1S/C18H16ClF3N4O3/c19-14-10-13(18(20,21)22)11-23-17(14)25-7-5-24(6-8-25)16(27)9-12-3-1-2-4-15(12)26(28)29/h1-4,10-11H,5-9H2. The lowest BCUT2D eigenvalue weighted by Crippen LogP contribution is -2.49. The first kappa shape index (κ1) is 20.8. The fourth-order valence-corrected chi connectivity index (χ4v) is 3.39. The first-order valence-electron chi connectivity index (χ1n) is 8.64. The third-order valence-electron chi connectivity index (χ3n) is 4.61. The zero-order chi connectivity index (χ0) is 21.2. The van der Waals surface area contributed by atoms with Gasteiger partial charge in [0.15, 0.2) is 0 Å². The van der Waals surface area contributed by atoms with E-state index in [1.54, 1.807) is 15.9 Å². The van der Waals surface area contributed by atoms with E-state index in [1.165, 1.54) is 18.2 Å². The van der Waals surface area contributed by atoms with E-state index in [9.17, 15) is 28.1 Å². The predicted octanol–water partition coefficient (Wildman–Crippen LogP) is 3.55. The van der Waals surface area contributed by atoms with Crippen LogP contribution in [0.5, 0.6) is 0 Å². The second-order valence-corrected chi connectivity index (χ2v) is 6.86. The van der Waals surface area contributed by atoms with Gasteiger partial charge in [-0.1, -0.05) is 29.8 Å². The van der Waals surface area contributed by atoms with Crippen molar-refractivity contribution in [1.82, 2.24) is 9.88 Å². The molecule has 29 heavy (non-hydrogen) atoms. The number of carbonyl (C=O) groups is 1. The minimum absolute atomic E-state index is 0.101. The van der Waals surface area contributed by atoms with Crippen molar-refractivity contribution in [3.8, 4) is 0 Å². The third-order valence-corrected chi connectivity index (χ3v) is 4.89. The molecule has 0 N–H and O–H groups in total. The largest absolute Gasteiger partial charge is 0.417 e. The molecule has 1 fully saturated rings. The Morgan fingerprint density at radius 1 is 1.21 bits per heavy atom. The van der Waals surface area contributed by atoms with E-state index >= 15 is 0 Å². The van der Waals surface area contributed by atoms with Crippen molar-refractivity contribution in [3.05, 3.63) is 62.8 Å². The van der Waals surface area contributed by atoms with Gasteiger partial charge in [0, 0.05) is 44.0 Å². The van der Waals surface area contributed by atoms with Gasteiger partial charge >= 0.3 is 6.18 Å². The van der Waals surface area contributed by atoms with Gasteiger partial charge in [-0.05, 0) is 6.07 Å². The van der Waals surface area contributed by atoms with Crippen LogP contribution in [0.3, 0.4) is 0 Å². The van der Waals surface area contributed by atoms with Crippen LogP contribution in [-0.2, 0) is 17.4 Å². The number of nitrogens with zero attached hydrogens (tertiary/aromatic N) is 4. The summed E-state index contributed by atoms with van der Waals surface area (Å²) < 4.78 is 38.2. The van der Waals surface area contributed by atoms with E-state index in [0.717, 1.165) is 12.3 Å². The number of carbonyl (C=O) groups excluding carboxylic acids is 1. The molecule has 0 atom stereocenters. The van der Waals surface area contributed by atoms with Gasteiger partial charge in [-0.25, -0.2) is 4.98 Å². The average Bonchev–Trinajstić information content (AvgIpc) is 2.67. The van der Waals surface area contributed by atoms with Crippen molar-refractivity contribution in [3.63, 3.8) is 0 Å². The molecule has 2 aromatic rings. The predicted molar refractivity (Wildman–Crippen MR) is 99.8 cm³/mol. The van der Waals surface area contributed by atoms with Gasteiger partial charge in [-0.3, -0.25) is 14.9 Å². The van der Waals surface area contributed by atoms with Crippen LogP contribution in [-0.4, -0.2) is 46.9 Å². The summed E-state index contributed by atoms with van der Waals surface area (Å²) in [6, 6.07) is 6.88. The van der Waals surface area contributed by atoms with E-state index in [1.807, 2.05) is 0 Å². The Balaban J connectivity index is 1.64. The third kappa shape index (κ3) is 4.76. The van der Waals surface area contributed by atoms with Gasteiger partial charge in [-0.15, -0.1) is 0 Å². The summed E-state index contributed by atoms with van der Waals surface area (Å²) in [6.07, 6.45) is -3.90. The first-order chi connectivity index (χ1) is 13.7. The molecule has 0 saturated carbocycles. The van der Waals surface area contributed by atoms with E-state index in [-0.39, 0.29) is 28.9 Å². The molecule has 0 radical (unpaired) electrons. The summed E-state index contributed by atoms with van der Waals surface area (Å²) >= 11 is 5.97. The van der Waals surface area contributed by atoms with Gasteiger partial charge in [0.25, 0.3) is 5.69 Å². The lowest BCUT2D eigenvalue weighted by atomic mass is 10.1. The van der Waals surface area contributed by atoms with Gasteiger partial charge in [0.1, 0.15) is 5.82 Å². The Morgan fingerprint density at radius 2 is 1.86 bits per heavy atom. The molecule has 1 amide bonds. The molecule has 3 rings (SSSR count). The highest BCUT2D eigenvalue weighted by Gasteiger charge is 2.32. The van der Waals surface area contributed by atoms with Crippen LogP contribution in [0.4, 0.5) is 24.7 Å². The van der Waals surface area contributed by atoms with Crippen LogP contribution in [0.15, 0.2) is 36.5 Å². The summed E-state index contributed by atoms with van der Waals surface area (Å²) in [5.74, 6) is -0.0316. The molecule has 1 aliphatic heterocycles. The lowest BCUT2D eigenvalue weighted by Gasteiger charge is -2.35. The monoisotopic (exact) mass is 428 g/mol. The molecule has 1 aliphatic rings. The van der Waals surface area contributed by atoms with Crippen molar-refractivity contribution < 1.29 is 22.9 Å². The quantitative estimate of drug-likeness (QED) is 0.549. The van der Waals surface area contributed by atoms with Crippen molar-refractivity contribution in [2.45, 2.75) is 12.6 Å².